The van der Waals surface area contributed by atoms with Gasteiger partial charge in [-0.3, -0.25) is 19.2 Å². The van der Waals surface area contributed by atoms with Crippen molar-refractivity contribution in [3.05, 3.63) is 152 Å². The van der Waals surface area contributed by atoms with Gasteiger partial charge >= 0.3 is 0 Å². The number of benzene rings is 5. The van der Waals surface area contributed by atoms with Gasteiger partial charge in [0.1, 0.15) is 45.7 Å². The van der Waals surface area contributed by atoms with Gasteiger partial charge < -0.3 is 35.2 Å². The van der Waals surface area contributed by atoms with Gasteiger partial charge in [-0.25, -0.2) is 22.5 Å². The fourth-order valence-electron chi connectivity index (χ4n) is 10.9. The number of halogens is 7. The van der Waals surface area contributed by atoms with Crippen molar-refractivity contribution >= 4 is 80.9 Å². The molecule has 0 bridgehead atoms. The second-order valence-corrected chi connectivity index (χ2v) is 22.6. The molecule has 0 radical (unpaired) electrons. The van der Waals surface area contributed by atoms with Crippen LogP contribution in [-0.2, 0) is 26.2 Å². The Hall–Kier alpha value is -7.30. The lowest BCUT2D eigenvalue weighted by atomic mass is 9.62. The number of ether oxygens (including phenoxy) is 1. The summed E-state index contributed by atoms with van der Waals surface area (Å²) in [5, 5.41) is 28.0. The average molecular weight is 1170 g/mol. The number of rotatable bonds is 19. The molecular weight excluding hydrogens is 1110 g/mol. The van der Waals surface area contributed by atoms with Crippen LogP contribution in [0, 0.1) is 40.0 Å². The Bertz CT molecular complexity index is 3480. The first-order valence-corrected chi connectivity index (χ1v) is 27.3. The number of phenolic OH excluding ortho intramolecular Hbond substituents is 1. The maximum absolute atomic E-state index is 16.6. The van der Waals surface area contributed by atoms with Crippen molar-refractivity contribution in [2.24, 2.45) is 5.41 Å². The molecule has 424 valence electrons. The minimum atomic E-state index is -1.82. The van der Waals surface area contributed by atoms with Gasteiger partial charge in [0.2, 0.25) is 17.8 Å². The number of hydrogen-bond acceptors (Lipinski definition) is 12. The van der Waals surface area contributed by atoms with Crippen LogP contribution in [0.1, 0.15) is 79.4 Å². The Morgan fingerprint density at radius 3 is 2.32 bits per heavy atom. The molecule has 3 heterocycles. The monoisotopic (exact) mass is 1170 g/mol. The molecule has 14 nitrogen and oxygen atoms in total. The first-order valence-electron chi connectivity index (χ1n) is 26.1. The molecule has 0 spiro atoms. The van der Waals surface area contributed by atoms with E-state index < -0.39 is 74.8 Å². The predicted molar refractivity (Wildman–Crippen MR) is 304 cm³/mol. The second kappa shape index (κ2) is 24.8. The van der Waals surface area contributed by atoms with Gasteiger partial charge in [-0.15, -0.1) is 0 Å². The predicted octanol–water partition coefficient (Wildman–Crippen LogP) is 11.4. The summed E-state index contributed by atoms with van der Waals surface area (Å²) in [7, 11) is 2.98. The molecule has 2 aliphatic rings. The zero-order valence-corrected chi connectivity index (χ0v) is 47.4. The molecule has 2 aliphatic heterocycles. The summed E-state index contributed by atoms with van der Waals surface area (Å²) in [5.74, 6) is -6.17. The van der Waals surface area contributed by atoms with Crippen LogP contribution in [0.5, 0.6) is 11.5 Å². The number of carbonyl (C=O) groups excluding carboxylic acids is 4. The highest BCUT2D eigenvalue weighted by Crippen LogP contribution is 2.53. The molecule has 81 heavy (non-hydrogen) atoms. The van der Waals surface area contributed by atoms with Gasteiger partial charge in [0, 0.05) is 110 Å². The molecule has 21 heteroatoms. The van der Waals surface area contributed by atoms with Crippen molar-refractivity contribution in [3.63, 3.8) is 0 Å². The van der Waals surface area contributed by atoms with E-state index in [1.54, 1.807) is 24.1 Å². The molecule has 2 fully saturated rings. The molecule has 8 rings (SSSR count). The lowest BCUT2D eigenvalue weighted by molar-refractivity contribution is -0.129. The number of aromatic nitrogens is 2. The van der Waals surface area contributed by atoms with E-state index in [4.69, 9.17) is 39.5 Å². The quantitative estimate of drug-likeness (QED) is 0.0397. The van der Waals surface area contributed by atoms with Gasteiger partial charge in [0.25, 0.3) is 0 Å². The average Bonchev–Trinajstić information content (AvgIpc) is 4.02. The number of nitrogens with one attached hydrogen (secondary N) is 2. The highest BCUT2D eigenvalue weighted by Gasteiger charge is 2.61. The number of hydrogen-bond donors (Lipinski definition) is 3. The Morgan fingerprint density at radius 2 is 1.65 bits per heavy atom. The SMILES string of the molecule is C=CC(=O)N1CCN(c2nc(NCCC(=O)N(C)CCCC(=O)c3ccc(CC(=O)[C@@H]4N[C@@H](CC(C)(C)C)[C@](C#N)(c5ccc(Cl)cc5F)[C@H]4c4cccc(Cl)c4F)c(OC)c3)nc3c(F)c(-c4c(O)cccc4F)c(Cl)cc23)CC1. The molecule has 6 aromatic rings. The highest BCUT2D eigenvalue weighted by atomic mass is 35.5. The molecule has 1 aromatic heterocycles. The van der Waals surface area contributed by atoms with Gasteiger partial charge in [0.05, 0.1) is 34.8 Å². The number of nitriles is 1. The Morgan fingerprint density at radius 1 is 0.926 bits per heavy atom. The Balaban J connectivity index is 0.938. The molecule has 2 amide bonds. The Kier molecular flexibility index (Phi) is 18.3. The zero-order chi connectivity index (χ0) is 58.7. The van der Waals surface area contributed by atoms with E-state index in [0.29, 0.717) is 31.7 Å². The van der Waals surface area contributed by atoms with Crippen LogP contribution >= 0.6 is 34.8 Å². The standard InChI is InChI=1S/C60H59Cl3F4N8O6/c1-7-48(79)74-23-25-75(26-24-74)57-37-30-40(63)50(51-41(64)13-9-14-44(51)77)54(67)55(37)71-58(72-57)69-21-20-49(80)73(5)22-10-15-43(76)33-16-17-34(46(28-33)81-6)27-45(78)56-52(36-11-8-12-39(62)53(36)66)60(32-68,47(70-56)31-59(2,3)4)38-19-18-35(61)29-42(38)65/h7-9,11-14,16-19,28-30,47,52,56,70,77H,1,10,15,20-27,31H2,2-6H3,(H,69,71,72)/t47-,52-,56-,60-/m0/s1. The number of anilines is 2. The molecule has 2 saturated heterocycles. The van der Waals surface area contributed by atoms with E-state index >= 15 is 17.6 Å². The lowest BCUT2D eigenvalue weighted by Gasteiger charge is -2.37. The normalized spacial score (nSPS) is 18.1. The smallest absolute Gasteiger partial charge is 0.246 e. The van der Waals surface area contributed by atoms with E-state index in [-0.39, 0.29) is 123 Å². The van der Waals surface area contributed by atoms with Crippen molar-refractivity contribution in [3.8, 4) is 28.7 Å². The van der Waals surface area contributed by atoms with E-state index in [0.717, 1.165) is 12.1 Å². The van der Waals surface area contributed by atoms with Gasteiger partial charge in [-0.2, -0.15) is 10.2 Å². The van der Waals surface area contributed by atoms with E-state index in [2.05, 4.69) is 33.2 Å². The minimum absolute atomic E-state index is 0.00599. The largest absolute Gasteiger partial charge is 0.507 e. The van der Waals surface area contributed by atoms with Crippen LogP contribution in [0.25, 0.3) is 22.0 Å². The van der Waals surface area contributed by atoms with Crippen LogP contribution in [0.15, 0.2) is 91.5 Å². The molecule has 3 N–H and O–H groups in total. The number of phenols is 1. The highest BCUT2D eigenvalue weighted by molar-refractivity contribution is 6.34. The van der Waals surface area contributed by atoms with Gasteiger partial charge in [-0.05, 0) is 72.4 Å². The summed E-state index contributed by atoms with van der Waals surface area (Å²) in [5.41, 5.74) is -2.75. The third kappa shape index (κ3) is 12.5. The van der Waals surface area contributed by atoms with Gasteiger partial charge in [-0.1, -0.05) is 98.6 Å². The lowest BCUT2D eigenvalue weighted by Crippen LogP contribution is -2.48. The summed E-state index contributed by atoms with van der Waals surface area (Å²) in [4.78, 5) is 68.2. The fraction of sp³-hybridized carbons (Fsp3) is 0.350. The van der Waals surface area contributed by atoms with Crippen LogP contribution < -0.4 is 20.3 Å². The third-order valence-electron chi connectivity index (χ3n) is 14.9. The number of ketones is 2. The zero-order valence-electron chi connectivity index (χ0n) is 45.1. The summed E-state index contributed by atoms with van der Waals surface area (Å²) in [6, 6.07) is 18.1. The minimum Gasteiger partial charge on any atom is -0.507 e. The maximum Gasteiger partial charge on any atom is 0.246 e. The number of piperazine rings is 1. The van der Waals surface area contributed by atoms with Crippen molar-refractivity contribution in [2.75, 3.05) is 63.6 Å². The van der Waals surface area contributed by atoms with Crippen LogP contribution in [0.3, 0.4) is 0 Å². The topological polar surface area (TPSA) is 181 Å². The van der Waals surface area contributed by atoms with E-state index in [9.17, 15) is 29.5 Å². The van der Waals surface area contributed by atoms with Crippen LogP contribution in [0.4, 0.5) is 29.3 Å². The first-order chi connectivity index (χ1) is 38.5. The van der Waals surface area contributed by atoms with Crippen LogP contribution in [-0.4, -0.2) is 114 Å². The molecule has 4 atom stereocenters. The number of fused-ring (bicyclic) bond motifs is 1. The second-order valence-electron chi connectivity index (χ2n) is 21.3. The summed E-state index contributed by atoms with van der Waals surface area (Å²) in [6.07, 6.45) is 1.49. The summed E-state index contributed by atoms with van der Waals surface area (Å²) < 4.78 is 69.9. The number of carbonyl (C=O) groups is 4. The van der Waals surface area contributed by atoms with Crippen molar-refractivity contribution in [2.45, 2.75) is 76.3 Å². The molecule has 0 unspecified atom stereocenters. The van der Waals surface area contributed by atoms with E-state index in [1.165, 1.54) is 72.7 Å². The number of Topliss-reactive ketones (excluding diaryl/α,β-unsaturated/α-hetero) is 2. The third-order valence-corrected chi connectivity index (χ3v) is 15.7. The van der Waals surface area contributed by atoms with Crippen molar-refractivity contribution in [1.82, 2.24) is 25.1 Å². The van der Waals surface area contributed by atoms with Crippen molar-refractivity contribution < 1.29 is 46.6 Å². The molecular formula is C60H59Cl3F4N8O6. The molecule has 5 aromatic carbocycles. The summed E-state index contributed by atoms with van der Waals surface area (Å²) >= 11 is 19.1. The van der Waals surface area contributed by atoms with E-state index in [1.807, 2.05) is 25.7 Å². The van der Waals surface area contributed by atoms with Gasteiger partial charge in [0.15, 0.2) is 17.4 Å². The van der Waals surface area contributed by atoms with Crippen LogP contribution in [0.2, 0.25) is 15.1 Å². The molecule has 0 saturated carbocycles. The summed E-state index contributed by atoms with van der Waals surface area (Å²) in [6.45, 7) is 10.8. The maximum atomic E-state index is 16.6. The number of amides is 2. The number of nitrogens with zero attached hydrogens (tertiary/aromatic N) is 6. The fourth-order valence-corrected chi connectivity index (χ4v) is 11.6. The van der Waals surface area contributed by atoms with Crippen molar-refractivity contribution in [1.29, 1.82) is 5.26 Å². The molecule has 0 aliphatic carbocycles. The first kappa shape index (κ1) is 59.8. The number of aromatic hydroxyl groups is 1. The number of methoxy groups -OCH3 is 1. The Labute approximate surface area is 481 Å².